The van der Waals surface area contributed by atoms with Crippen LogP contribution in [0.3, 0.4) is 0 Å². The summed E-state index contributed by atoms with van der Waals surface area (Å²) in [4.78, 5) is 0. The molecule has 0 aliphatic heterocycles. The second-order valence-corrected chi connectivity index (χ2v) is 7.61. The molecule has 3 aromatic rings. The molecule has 0 saturated carbocycles. The van der Waals surface area contributed by atoms with E-state index >= 15 is 0 Å². The van der Waals surface area contributed by atoms with Gasteiger partial charge in [0.1, 0.15) is 0 Å². The Morgan fingerprint density at radius 2 is 1.17 bits per heavy atom. The lowest BCUT2D eigenvalue weighted by molar-refractivity contribution is 0.348. The summed E-state index contributed by atoms with van der Waals surface area (Å²) in [5.41, 5.74) is 2.25. The van der Waals surface area contributed by atoms with Crippen molar-refractivity contribution in [1.82, 2.24) is 0 Å². The zero-order valence-electron chi connectivity index (χ0n) is 13.1. The predicted octanol–water partition coefficient (Wildman–Crippen LogP) is 4.62. The van der Waals surface area contributed by atoms with E-state index in [2.05, 4.69) is 12.1 Å². The fourth-order valence-corrected chi connectivity index (χ4v) is 4.65. The molecule has 1 unspecified atom stereocenters. The maximum Gasteiger partial charge on any atom is 0.261 e. The van der Waals surface area contributed by atoms with Crippen LogP contribution in [0.1, 0.15) is 6.92 Å². The molecule has 0 spiro atoms. The third-order valence-electron chi connectivity index (χ3n) is 3.72. The van der Waals surface area contributed by atoms with Gasteiger partial charge < -0.3 is 4.52 Å². The normalized spacial score (nSPS) is 13.4. The van der Waals surface area contributed by atoms with Gasteiger partial charge >= 0.3 is 0 Å². The first-order valence-electron chi connectivity index (χ1n) is 7.70. The molecular weight excluding hydrogens is 303 g/mol. The maximum absolute atomic E-state index is 13.4. The molecule has 0 aromatic heterocycles. The summed E-state index contributed by atoms with van der Waals surface area (Å²) in [5.74, 6) is 0. The highest BCUT2D eigenvalue weighted by molar-refractivity contribution is 7.74. The molecule has 3 aromatic carbocycles. The lowest BCUT2D eigenvalue weighted by Crippen LogP contribution is -2.18. The molecular formula is C20H19O2P. The molecule has 3 heteroatoms. The summed E-state index contributed by atoms with van der Waals surface area (Å²) in [5, 5.41) is 1.46. The summed E-state index contributed by atoms with van der Waals surface area (Å²) in [6, 6.07) is 27.4. The Morgan fingerprint density at radius 3 is 1.74 bits per heavy atom. The van der Waals surface area contributed by atoms with Gasteiger partial charge in [-0.1, -0.05) is 60.7 Å². The molecule has 0 bridgehead atoms. The number of benzene rings is 3. The van der Waals surface area contributed by atoms with Gasteiger partial charge in [0.25, 0.3) is 7.37 Å². The fraction of sp³-hybridized carbons (Fsp3) is 0.100. The van der Waals surface area contributed by atoms with Crippen LogP contribution in [-0.2, 0) is 9.09 Å². The molecule has 3 rings (SSSR count). The minimum atomic E-state index is -3.04. The van der Waals surface area contributed by atoms with Gasteiger partial charge in [-0.3, -0.25) is 4.57 Å². The van der Waals surface area contributed by atoms with Gasteiger partial charge in [-0.15, -0.1) is 0 Å². The number of hydrogen-bond acceptors (Lipinski definition) is 2. The molecule has 116 valence electrons. The Morgan fingerprint density at radius 1 is 0.696 bits per heavy atom. The zero-order valence-corrected chi connectivity index (χ0v) is 13.9. The van der Waals surface area contributed by atoms with Gasteiger partial charge in [-0.25, -0.2) is 0 Å². The van der Waals surface area contributed by atoms with Crippen molar-refractivity contribution in [3.63, 3.8) is 0 Å². The van der Waals surface area contributed by atoms with Crippen LogP contribution in [0.15, 0.2) is 84.9 Å². The first-order chi connectivity index (χ1) is 11.2. The molecule has 2 nitrogen and oxygen atoms in total. The van der Waals surface area contributed by atoms with E-state index in [9.17, 15) is 4.57 Å². The molecule has 1 atom stereocenters. The van der Waals surface area contributed by atoms with Crippen LogP contribution in [0, 0.1) is 0 Å². The summed E-state index contributed by atoms with van der Waals surface area (Å²) >= 11 is 0. The van der Waals surface area contributed by atoms with Gasteiger partial charge in [-0.2, -0.15) is 0 Å². The third kappa shape index (κ3) is 3.29. The van der Waals surface area contributed by atoms with Crippen molar-refractivity contribution < 1.29 is 9.09 Å². The van der Waals surface area contributed by atoms with Gasteiger partial charge in [0.05, 0.1) is 6.61 Å². The highest BCUT2D eigenvalue weighted by atomic mass is 31.2. The molecule has 23 heavy (non-hydrogen) atoms. The quantitative estimate of drug-likeness (QED) is 0.641. The van der Waals surface area contributed by atoms with Gasteiger partial charge in [0, 0.05) is 10.6 Å². The fourth-order valence-electron chi connectivity index (χ4n) is 2.58. The number of hydrogen-bond donors (Lipinski definition) is 0. The smallest absolute Gasteiger partial charge is 0.261 e. The first kappa shape index (κ1) is 15.7. The van der Waals surface area contributed by atoms with Crippen LogP contribution in [0.2, 0.25) is 0 Å². The van der Waals surface area contributed by atoms with Crippen molar-refractivity contribution in [2.45, 2.75) is 6.92 Å². The average molecular weight is 322 g/mol. The predicted molar refractivity (Wildman–Crippen MR) is 96.8 cm³/mol. The van der Waals surface area contributed by atoms with Crippen molar-refractivity contribution in [3.05, 3.63) is 84.9 Å². The molecule has 0 aliphatic rings. The van der Waals surface area contributed by atoms with Crippen molar-refractivity contribution in [2.24, 2.45) is 0 Å². The SMILES string of the molecule is CCOP(=O)(c1ccccc1)c1ccc(-c2ccccc2)cc1. The second kappa shape index (κ2) is 6.95. The van der Waals surface area contributed by atoms with E-state index < -0.39 is 7.37 Å². The van der Waals surface area contributed by atoms with E-state index in [0.717, 1.165) is 21.7 Å². The highest BCUT2D eigenvalue weighted by Crippen LogP contribution is 2.44. The third-order valence-corrected chi connectivity index (χ3v) is 6.30. The summed E-state index contributed by atoms with van der Waals surface area (Å²) in [6.07, 6.45) is 0. The summed E-state index contributed by atoms with van der Waals surface area (Å²) in [6.45, 7) is 2.28. The molecule has 0 heterocycles. The van der Waals surface area contributed by atoms with E-state index in [1.54, 1.807) is 0 Å². The Bertz CT molecular complexity index is 796. The molecule has 0 amide bonds. The lowest BCUT2D eigenvalue weighted by atomic mass is 10.1. The van der Waals surface area contributed by atoms with Crippen molar-refractivity contribution in [3.8, 4) is 11.1 Å². The topological polar surface area (TPSA) is 26.3 Å². The van der Waals surface area contributed by atoms with Crippen molar-refractivity contribution in [1.29, 1.82) is 0 Å². The molecule has 0 N–H and O–H groups in total. The van der Waals surface area contributed by atoms with E-state index in [4.69, 9.17) is 4.52 Å². The Kier molecular flexibility index (Phi) is 4.76. The average Bonchev–Trinajstić information content (AvgIpc) is 2.63. The van der Waals surface area contributed by atoms with Crippen LogP contribution in [-0.4, -0.2) is 6.61 Å². The van der Waals surface area contributed by atoms with Gasteiger partial charge in [-0.05, 0) is 42.3 Å². The maximum atomic E-state index is 13.4. The summed E-state index contributed by atoms with van der Waals surface area (Å²) in [7, 11) is -3.04. The Labute approximate surface area is 137 Å². The molecule has 0 saturated heterocycles. The standard InChI is InChI=1S/C20H19O2P/c1-2-22-23(21,19-11-7-4-8-12-19)20-15-13-18(14-16-20)17-9-5-3-6-10-17/h3-16H,2H2,1H3. The summed E-state index contributed by atoms with van der Waals surface area (Å²) < 4.78 is 19.1. The highest BCUT2D eigenvalue weighted by Gasteiger charge is 2.27. The van der Waals surface area contributed by atoms with E-state index in [-0.39, 0.29) is 0 Å². The Balaban J connectivity index is 2.00. The van der Waals surface area contributed by atoms with E-state index in [0.29, 0.717) is 6.61 Å². The van der Waals surface area contributed by atoms with Crippen LogP contribution in [0.25, 0.3) is 11.1 Å². The zero-order chi connectivity index (χ0) is 16.1. The minimum Gasteiger partial charge on any atom is -0.322 e. The van der Waals surface area contributed by atoms with Crippen LogP contribution < -0.4 is 10.6 Å². The van der Waals surface area contributed by atoms with Crippen LogP contribution >= 0.6 is 7.37 Å². The lowest BCUT2D eigenvalue weighted by Gasteiger charge is -2.19. The Hall–Kier alpha value is -2.15. The van der Waals surface area contributed by atoms with Crippen LogP contribution in [0.4, 0.5) is 0 Å². The van der Waals surface area contributed by atoms with Crippen molar-refractivity contribution in [2.75, 3.05) is 6.61 Å². The van der Waals surface area contributed by atoms with E-state index in [1.807, 2.05) is 79.7 Å². The van der Waals surface area contributed by atoms with Crippen molar-refractivity contribution >= 4 is 18.0 Å². The first-order valence-corrected chi connectivity index (χ1v) is 9.33. The minimum absolute atomic E-state index is 0.409. The van der Waals surface area contributed by atoms with Gasteiger partial charge in [0.15, 0.2) is 0 Å². The molecule has 0 aliphatic carbocycles. The van der Waals surface area contributed by atoms with Crippen LogP contribution in [0.5, 0.6) is 0 Å². The largest absolute Gasteiger partial charge is 0.322 e. The molecule has 0 radical (unpaired) electrons. The molecule has 0 fully saturated rings. The van der Waals surface area contributed by atoms with Gasteiger partial charge in [0.2, 0.25) is 0 Å². The monoisotopic (exact) mass is 322 g/mol. The van der Waals surface area contributed by atoms with E-state index in [1.165, 1.54) is 0 Å². The second-order valence-electron chi connectivity index (χ2n) is 5.22. The number of rotatable bonds is 5.